The van der Waals surface area contributed by atoms with E-state index in [1.54, 1.807) is 0 Å². The fourth-order valence-corrected chi connectivity index (χ4v) is 1.06. The number of rotatable bonds is 0. The summed E-state index contributed by atoms with van der Waals surface area (Å²) in [6.07, 6.45) is 3.82. The summed E-state index contributed by atoms with van der Waals surface area (Å²) in [4.78, 5) is 17.3. The molecule has 2 aromatic rings. The molecule has 12 heavy (non-hydrogen) atoms. The Morgan fingerprint density at radius 2 is 2.25 bits per heavy atom. The number of hydrogen-bond donors (Lipinski definition) is 1. The molecule has 0 saturated carbocycles. The summed E-state index contributed by atoms with van der Waals surface area (Å²) in [5.41, 5.74) is -0.0201. The van der Waals surface area contributed by atoms with E-state index < -0.39 is 5.82 Å². The molecule has 3 nitrogen and oxygen atoms in total. The predicted octanol–water partition coefficient (Wildman–Crippen LogP) is 1.06. The van der Waals surface area contributed by atoms with E-state index in [0.29, 0.717) is 0 Å². The van der Waals surface area contributed by atoms with Crippen molar-refractivity contribution < 1.29 is 4.39 Å². The fraction of sp³-hybridized carbons (Fsp3) is 0. The van der Waals surface area contributed by atoms with Crippen molar-refractivity contribution in [3.8, 4) is 0 Å². The van der Waals surface area contributed by atoms with Gasteiger partial charge in [-0.15, -0.1) is 0 Å². The van der Waals surface area contributed by atoms with Gasteiger partial charge in [-0.05, 0) is 0 Å². The Balaban J connectivity index is 3.05. The highest BCUT2D eigenvalue weighted by atomic mass is 19.1. The molecule has 0 aromatic carbocycles. The van der Waals surface area contributed by atoms with Crippen LogP contribution >= 0.6 is 0 Å². The van der Waals surface area contributed by atoms with E-state index >= 15 is 0 Å². The van der Waals surface area contributed by atoms with Crippen molar-refractivity contribution in [2.24, 2.45) is 0 Å². The number of aromatic nitrogens is 2. The third-order valence-electron chi connectivity index (χ3n) is 1.63. The molecule has 1 N–H and O–H groups in total. The lowest BCUT2D eigenvalue weighted by Crippen LogP contribution is -2.01. The SMILES string of the molecule is O=c1cc[nH]c2c(F)cncc12. The van der Waals surface area contributed by atoms with E-state index in [9.17, 15) is 9.18 Å². The maximum atomic E-state index is 12.9. The predicted molar refractivity (Wildman–Crippen MR) is 42.3 cm³/mol. The zero-order chi connectivity index (χ0) is 8.55. The number of halogens is 1. The van der Waals surface area contributed by atoms with Gasteiger partial charge in [0.25, 0.3) is 0 Å². The average Bonchev–Trinajstić information content (AvgIpc) is 2.07. The monoisotopic (exact) mass is 164 g/mol. The number of hydrogen-bond acceptors (Lipinski definition) is 2. The topological polar surface area (TPSA) is 45.8 Å². The minimum Gasteiger partial charge on any atom is -0.358 e. The molecule has 2 rings (SSSR count). The van der Waals surface area contributed by atoms with E-state index in [1.807, 2.05) is 0 Å². The first kappa shape index (κ1) is 6.97. The van der Waals surface area contributed by atoms with Crippen LogP contribution in [0.4, 0.5) is 4.39 Å². The van der Waals surface area contributed by atoms with E-state index in [4.69, 9.17) is 0 Å². The molecule has 0 aliphatic rings. The lowest BCUT2D eigenvalue weighted by molar-refractivity contribution is 0.631. The molecule has 0 saturated heterocycles. The Morgan fingerprint density at radius 1 is 1.42 bits per heavy atom. The Kier molecular flexibility index (Phi) is 1.40. The van der Waals surface area contributed by atoms with Gasteiger partial charge in [0.2, 0.25) is 0 Å². The van der Waals surface area contributed by atoms with Gasteiger partial charge in [0.15, 0.2) is 11.2 Å². The van der Waals surface area contributed by atoms with Crippen LogP contribution in [0.25, 0.3) is 10.9 Å². The first-order valence-electron chi connectivity index (χ1n) is 3.40. The number of nitrogens with one attached hydrogen (secondary N) is 1. The van der Waals surface area contributed by atoms with Crippen molar-refractivity contribution in [3.63, 3.8) is 0 Å². The van der Waals surface area contributed by atoms with Crippen LogP contribution in [0.3, 0.4) is 0 Å². The van der Waals surface area contributed by atoms with Gasteiger partial charge in [-0.25, -0.2) is 4.39 Å². The average molecular weight is 164 g/mol. The Bertz CT molecular complexity index is 478. The van der Waals surface area contributed by atoms with Crippen LogP contribution in [-0.2, 0) is 0 Å². The van der Waals surface area contributed by atoms with Crippen LogP contribution in [0, 0.1) is 5.82 Å². The van der Waals surface area contributed by atoms with Crippen molar-refractivity contribution in [1.82, 2.24) is 9.97 Å². The Morgan fingerprint density at radius 3 is 3.00 bits per heavy atom. The summed E-state index contributed by atoms with van der Waals surface area (Å²) in [6.45, 7) is 0. The van der Waals surface area contributed by atoms with E-state index in [2.05, 4.69) is 9.97 Å². The van der Waals surface area contributed by atoms with Crippen molar-refractivity contribution >= 4 is 10.9 Å². The zero-order valence-electron chi connectivity index (χ0n) is 6.04. The highest BCUT2D eigenvalue weighted by molar-refractivity contribution is 5.77. The van der Waals surface area contributed by atoms with Gasteiger partial charge in [-0.2, -0.15) is 0 Å². The van der Waals surface area contributed by atoms with Crippen molar-refractivity contribution in [3.05, 3.63) is 40.7 Å². The van der Waals surface area contributed by atoms with Crippen LogP contribution in [0.5, 0.6) is 0 Å². The van der Waals surface area contributed by atoms with Gasteiger partial charge in [0.1, 0.15) is 0 Å². The summed E-state index contributed by atoms with van der Waals surface area (Å²) in [5.74, 6) is -0.509. The van der Waals surface area contributed by atoms with Gasteiger partial charge < -0.3 is 4.98 Å². The molecule has 2 aromatic heterocycles. The second-order valence-corrected chi connectivity index (χ2v) is 2.39. The maximum absolute atomic E-state index is 12.9. The van der Waals surface area contributed by atoms with Crippen LogP contribution in [0.1, 0.15) is 0 Å². The van der Waals surface area contributed by atoms with E-state index in [-0.39, 0.29) is 16.3 Å². The Labute approximate surface area is 66.9 Å². The molecule has 60 valence electrons. The number of fused-ring (bicyclic) bond motifs is 1. The van der Waals surface area contributed by atoms with Crippen LogP contribution in [0.2, 0.25) is 0 Å². The molecule has 0 spiro atoms. The minimum atomic E-state index is -0.509. The van der Waals surface area contributed by atoms with Crippen molar-refractivity contribution in [1.29, 1.82) is 0 Å². The molecule has 4 heteroatoms. The lowest BCUT2D eigenvalue weighted by Gasteiger charge is -1.95. The van der Waals surface area contributed by atoms with Crippen LogP contribution in [0.15, 0.2) is 29.5 Å². The molecule has 0 aliphatic heterocycles. The lowest BCUT2D eigenvalue weighted by atomic mass is 10.2. The number of pyridine rings is 2. The van der Waals surface area contributed by atoms with Gasteiger partial charge in [-0.1, -0.05) is 0 Å². The minimum absolute atomic E-state index is 0.206. The molecule has 0 fully saturated rings. The largest absolute Gasteiger partial charge is 0.358 e. The molecule has 0 amide bonds. The summed E-state index contributed by atoms with van der Waals surface area (Å²) in [7, 11) is 0. The van der Waals surface area contributed by atoms with Gasteiger partial charge in [0.05, 0.1) is 17.1 Å². The third-order valence-corrected chi connectivity index (χ3v) is 1.63. The second kappa shape index (κ2) is 2.41. The molecule has 2 heterocycles. The zero-order valence-corrected chi connectivity index (χ0v) is 6.04. The smallest absolute Gasteiger partial charge is 0.191 e. The van der Waals surface area contributed by atoms with Crippen LogP contribution in [-0.4, -0.2) is 9.97 Å². The Hall–Kier alpha value is -1.71. The molecule has 0 bridgehead atoms. The maximum Gasteiger partial charge on any atom is 0.191 e. The quantitative estimate of drug-likeness (QED) is 0.632. The summed E-state index contributed by atoms with van der Waals surface area (Å²) in [5, 5.41) is 0.275. The second-order valence-electron chi connectivity index (χ2n) is 2.39. The van der Waals surface area contributed by atoms with E-state index in [0.717, 1.165) is 6.20 Å². The number of nitrogens with zero attached hydrogens (tertiary/aromatic N) is 1. The molecule has 0 atom stereocenters. The highest BCUT2D eigenvalue weighted by Gasteiger charge is 2.01. The van der Waals surface area contributed by atoms with E-state index in [1.165, 1.54) is 18.5 Å². The third kappa shape index (κ3) is 0.887. The first-order chi connectivity index (χ1) is 5.79. The van der Waals surface area contributed by atoms with Crippen molar-refractivity contribution in [2.75, 3.05) is 0 Å². The molecule has 0 radical (unpaired) electrons. The number of H-pyrrole nitrogens is 1. The normalized spacial score (nSPS) is 10.4. The molecule has 0 aliphatic carbocycles. The van der Waals surface area contributed by atoms with Gasteiger partial charge in [-0.3, -0.25) is 9.78 Å². The van der Waals surface area contributed by atoms with Gasteiger partial charge >= 0.3 is 0 Å². The molecular weight excluding hydrogens is 159 g/mol. The highest BCUT2D eigenvalue weighted by Crippen LogP contribution is 2.07. The van der Waals surface area contributed by atoms with Crippen molar-refractivity contribution in [2.45, 2.75) is 0 Å². The fourth-order valence-electron chi connectivity index (χ4n) is 1.06. The number of aromatic amines is 1. The first-order valence-corrected chi connectivity index (χ1v) is 3.40. The van der Waals surface area contributed by atoms with Crippen LogP contribution < -0.4 is 5.43 Å². The summed E-state index contributed by atoms with van der Waals surface area (Å²) < 4.78 is 12.9. The molecule has 0 unspecified atom stereocenters. The summed E-state index contributed by atoms with van der Waals surface area (Å²) >= 11 is 0. The van der Waals surface area contributed by atoms with Gasteiger partial charge in [0, 0.05) is 18.5 Å². The summed E-state index contributed by atoms with van der Waals surface area (Å²) in [6, 6.07) is 1.34. The molecular formula is C8H5FN2O. The standard InChI is InChI=1S/C8H5FN2O/c9-6-4-10-3-5-7(12)1-2-11-8(5)6/h1-4H,(H,11,12).